The summed E-state index contributed by atoms with van der Waals surface area (Å²) in [6, 6.07) is 22.9. The van der Waals surface area contributed by atoms with Crippen molar-refractivity contribution in [1.82, 2.24) is 4.57 Å². The molecule has 3 aromatic rings. The van der Waals surface area contributed by atoms with Crippen LogP contribution in [0.15, 0.2) is 72.8 Å². The van der Waals surface area contributed by atoms with E-state index in [9.17, 15) is 9.59 Å². The molecule has 132 valence electrons. The Morgan fingerprint density at radius 3 is 2.19 bits per heavy atom. The molecule has 0 unspecified atom stereocenters. The van der Waals surface area contributed by atoms with E-state index in [0.717, 1.165) is 22.6 Å². The van der Waals surface area contributed by atoms with Gasteiger partial charge in [-0.3, -0.25) is 9.59 Å². The van der Waals surface area contributed by atoms with Crippen molar-refractivity contribution in [2.75, 3.05) is 5.32 Å². The number of carboxylic acid groups (broad SMARTS) is 1. The molecule has 2 N–H and O–H groups in total. The number of anilines is 1. The maximum Gasteiger partial charge on any atom is 0.303 e. The van der Waals surface area contributed by atoms with Crippen molar-refractivity contribution < 1.29 is 14.7 Å². The third-order valence-corrected chi connectivity index (χ3v) is 4.09. The lowest BCUT2D eigenvalue weighted by atomic mass is 10.1. The molecular weight excluding hydrogens is 328 g/mol. The van der Waals surface area contributed by atoms with E-state index in [2.05, 4.69) is 5.32 Å². The van der Waals surface area contributed by atoms with Crippen LogP contribution in [0.1, 0.15) is 12.1 Å². The Morgan fingerprint density at radius 2 is 1.54 bits per heavy atom. The molecule has 2 aromatic carbocycles. The molecule has 0 aliphatic rings. The highest BCUT2D eigenvalue weighted by atomic mass is 16.4. The normalized spacial score (nSPS) is 10.5. The fraction of sp³-hybridized carbons (Fsp3) is 0.143. The van der Waals surface area contributed by atoms with Gasteiger partial charge in [-0.15, -0.1) is 0 Å². The summed E-state index contributed by atoms with van der Waals surface area (Å²) < 4.78 is 1.89. The van der Waals surface area contributed by atoms with Gasteiger partial charge in [0, 0.05) is 17.1 Å². The van der Waals surface area contributed by atoms with Crippen LogP contribution in [0.2, 0.25) is 0 Å². The predicted octanol–water partition coefficient (Wildman–Crippen LogP) is 3.81. The second kappa shape index (κ2) is 8.16. The summed E-state index contributed by atoms with van der Waals surface area (Å²) >= 11 is 0. The molecule has 0 bridgehead atoms. The molecule has 0 radical (unpaired) electrons. The van der Waals surface area contributed by atoms with Crippen LogP contribution in [-0.2, 0) is 22.6 Å². The SMILES string of the molecule is O=C(O)CCc1ccc(-c2ccccc2)n1CC(=O)Nc1ccccc1. The first-order valence-electron chi connectivity index (χ1n) is 8.44. The molecule has 26 heavy (non-hydrogen) atoms. The van der Waals surface area contributed by atoms with Gasteiger partial charge in [-0.05, 0) is 36.2 Å². The molecule has 0 saturated heterocycles. The van der Waals surface area contributed by atoms with Crippen molar-refractivity contribution in [2.24, 2.45) is 0 Å². The van der Waals surface area contributed by atoms with Crippen LogP contribution in [0.4, 0.5) is 5.69 Å². The van der Waals surface area contributed by atoms with E-state index in [-0.39, 0.29) is 18.9 Å². The quantitative estimate of drug-likeness (QED) is 0.682. The molecule has 0 atom stereocenters. The first-order valence-corrected chi connectivity index (χ1v) is 8.44. The van der Waals surface area contributed by atoms with Crippen molar-refractivity contribution in [3.8, 4) is 11.3 Å². The van der Waals surface area contributed by atoms with Crippen LogP contribution in [0.5, 0.6) is 0 Å². The zero-order chi connectivity index (χ0) is 18.4. The fourth-order valence-electron chi connectivity index (χ4n) is 2.88. The number of aryl methyl sites for hydroxylation is 1. The number of aromatic nitrogens is 1. The number of para-hydroxylation sites is 1. The van der Waals surface area contributed by atoms with Gasteiger partial charge in [-0.25, -0.2) is 0 Å². The minimum atomic E-state index is -0.854. The molecule has 0 spiro atoms. The summed E-state index contributed by atoms with van der Waals surface area (Å²) in [4.78, 5) is 23.4. The molecule has 0 aliphatic carbocycles. The smallest absolute Gasteiger partial charge is 0.303 e. The molecule has 0 saturated carbocycles. The van der Waals surface area contributed by atoms with Crippen LogP contribution in [-0.4, -0.2) is 21.6 Å². The lowest BCUT2D eigenvalue weighted by molar-refractivity contribution is -0.137. The highest BCUT2D eigenvalue weighted by Crippen LogP contribution is 2.23. The lowest BCUT2D eigenvalue weighted by Gasteiger charge is -2.14. The standard InChI is InChI=1S/C21H20N2O3/c24-20(22-17-9-5-2-6-10-17)15-23-18(12-14-21(25)26)11-13-19(23)16-7-3-1-4-8-16/h1-11,13H,12,14-15H2,(H,22,24)(H,25,26). The molecule has 1 heterocycles. The van der Waals surface area contributed by atoms with E-state index in [4.69, 9.17) is 5.11 Å². The van der Waals surface area contributed by atoms with Gasteiger partial charge in [0.05, 0.1) is 6.42 Å². The van der Waals surface area contributed by atoms with E-state index in [0.29, 0.717) is 6.42 Å². The first kappa shape index (κ1) is 17.5. The Bertz CT molecular complexity index is 886. The number of carbonyl (C=O) groups is 2. The van der Waals surface area contributed by atoms with E-state index < -0.39 is 5.97 Å². The second-order valence-corrected chi connectivity index (χ2v) is 5.97. The number of rotatable bonds is 7. The maximum atomic E-state index is 12.5. The number of aliphatic carboxylic acids is 1. The topological polar surface area (TPSA) is 71.3 Å². The number of nitrogens with zero attached hydrogens (tertiary/aromatic N) is 1. The van der Waals surface area contributed by atoms with E-state index in [1.54, 1.807) is 0 Å². The van der Waals surface area contributed by atoms with Gasteiger partial charge in [0.25, 0.3) is 0 Å². The third-order valence-electron chi connectivity index (χ3n) is 4.09. The number of carbonyl (C=O) groups excluding carboxylic acids is 1. The molecule has 3 rings (SSSR count). The van der Waals surface area contributed by atoms with Crippen LogP contribution in [0.3, 0.4) is 0 Å². The van der Waals surface area contributed by atoms with Crippen LogP contribution in [0.25, 0.3) is 11.3 Å². The van der Waals surface area contributed by atoms with E-state index in [1.165, 1.54) is 0 Å². The molecule has 0 fully saturated rings. The van der Waals surface area contributed by atoms with Crippen LogP contribution >= 0.6 is 0 Å². The molecule has 0 aliphatic heterocycles. The fourth-order valence-corrected chi connectivity index (χ4v) is 2.88. The third kappa shape index (κ3) is 4.39. The predicted molar refractivity (Wildman–Crippen MR) is 101 cm³/mol. The Balaban J connectivity index is 1.85. The maximum absolute atomic E-state index is 12.5. The van der Waals surface area contributed by atoms with E-state index >= 15 is 0 Å². The Morgan fingerprint density at radius 1 is 0.885 bits per heavy atom. The van der Waals surface area contributed by atoms with Gasteiger partial charge in [-0.2, -0.15) is 0 Å². The Hall–Kier alpha value is -3.34. The minimum absolute atomic E-state index is 0.0263. The second-order valence-electron chi connectivity index (χ2n) is 5.97. The summed E-state index contributed by atoms with van der Waals surface area (Å²) in [6.45, 7) is 0.126. The van der Waals surface area contributed by atoms with Crippen molar-refractivity contribution in [2.45, 2.75) is 19.4 Å². The van der Waals surface area contributed by atoms with Crippen LogP contribution in [0, 0.1) is 0 Å². The lowest BCUT2D eigenvalue weighted by Crippen LogP contribution is -2.20. The molecule has 5 heteroatoms. The number of carboxylic acids is 1. The average molecular weight is 348 g/mol. The summed E-state index contributed by atoms with van der Waals surface area (Å²) in [6.07, 6.45) is 0.402. The van der Waals surface area contributed by atoms with Crippen molar-refractivity contribution in [3.63, 3.8) is 0 Å². The number of hydrogen-bond donors (Lipinski definition) is 2. The Labute approximate surface area is 151 Å². The first-order chi connectivity index (χ1) is 12.6. The van der Waals surface area contributed by atoms with Crippen molar-refractivity contribution >= 4 is 17.6 Å². The molecule has 1 aromatic heterocycles. The largest absolute Gasteiger partial charge is 0.481 e. The van der Waals surface area contributed by atoms with Crippen molar-refractivity contribution in [1.29, 1.82) is 0 Å². The summed E-state index contributed by atoms with van der Waals surface area (Å²) in [5, 5.41) is 11.9. The minimum Gasteiger partial charge on any atom is -0.481 e. The summed E-state index contributed by atoms with van der Waals surface area (Å²) in [5.74, 6) is -1.01. The van der Waals surface area contributed by atoms with Crippen molar-refractivity contribution in [3.05, 3.63) is 78.5 Å². The number of amides is 1. The molecule has 5 nitrogen and oxygen atoms in total. The zero-order valence-corrected chi connectivity index (χ0v) is 14.3. The van der Waals surface area contributed by atoms with Gasteiger partial charge in [0.15, 0.2) is 0 Å². The average Bonchev–Trinajstić information content (AvgIpc) is 3.04. The highest BCUT2D eigenvalue weighted by molar-refractivity contribution is 5.91. The molecular formula is C21H20N2O3. The van der Waals surface area contributed by atoms with Gasteiger partial charge < -0.3 is 15.0 Å². The summed E-state index contributed by atoms with van der Waals surface area (Å²) in [5.41, 5.74) is 3.45. The Kier molecular flexibility index (Phi) is 5.49. The van der Waals surface area contributed by atoms with Gasteiger partial charge in [0.1, 0.15) is 6.54 Å². The summed E-state index contributed by atoms with van der Waals surface area (Å²) in [7, 11) is 0. The van der Waals surface area contributed by atoms with Crippen LogP contribution < -0.4 is 5.32 Å². The molecule has 1 amide bonds. The monoisotopic (exact) mass is 348 g/mol. The number of nitrogens with one attached hydrogen (secondary N) is 1. The number of benzene rings is 2. The zero-order valence-electron chi connectivity index (χ0n) is 14.3. The number of hydrogen-bond acceptors (Lipinski definition) is 2. The highest BCUT2D eigenvalue weighted by Gasteiger charge is 2.14. The van der Waals surface area contributed by atoms with Gasteiger partial charge in [-0.1, -0.05) is 48.5 Å². The van der Waals surface area contributed by atoms with Gasteiger partial charge >= 0.3 is 5.97 Å². The van der Waals surface area contributed by atoms with E-state index in [1.807, 2.05) is 77.4 Å². The van der Waals surface area contributed by atoms with Gasteiger partial charge in [0.2, 0.25) is 5.91 Å².